The van der Waals surface area contributed by atoms with Crippen LogP contribution in [0.15, 0.2) is 24.3 Å². The smallest absolute Gasteiger partial charge is 0.333 e. The third-order valence-corrected chi connectivity index (χ3v) is 6.15. The summed E-state index contributed by atoms with van der Waals surface area (Å²) in [6.45, 7) is 2.06. The summed E-state index contributed by atoms with van der Waals surface area (Å²) in [4.78, 5) is 13.8. The van der Waals surface area contributed by atoms with Crippen LogP contribution in [0.5, 0.6) is 0 Å². The Labute approximate surface area is 132 Å². The quantitative estimate of drug-likeness (QED) is 0.837. The second-order valence-electron chi connectivity index (χ2n) is 7.28. The zero-order chi connectivity index (χ0) is 15.7. The van der Waals surface area contributed by atoms with Crippen molar-refractivity contribution in [1.82, 2.24) is 4.90 Å². The van der Waals surface area contributed by atoms with Crippen LogP contribution in [0.2, 0.25) is 0 Å². The fourth-order valence-electron chi connectivity index (χ4n) is 5.13. The Balaban J connectivity index is 2.00. The van der Waals surface area contributed by atoms with E-state index in [-0.39, 0.29) is 11.3 Å². The molecule has 1 aliphatic heterocycles. The first kappa shape index (κ1) is 15.8. The number of likely N-dealkylation sites (tertiary alicyclic amines) is 1. The highest BCUT2D eigenvalue weighted by atomic mass is 16.4. The minimum Gasteiger partial charge on any atom is -0.479 e. The van der Waals surface area contributed by atoms with Gasteiger partial charge in [-0.05, 0) is 44.7 Å². The number of hydrogen-bond donors (Lipinski definition) is 2. The van der Waals surface area contributed by atoms with Gasteiger partial charge in [-0.1, -0.05) is 37.1 Å². The average Bonchev–Trinajstić information content (AvgIpc) is 3.18. The van der Waals surface area contributed by atoms with Crippen LogP contribution in [-0.2, 0) is 4.79 Å². The molecule has 1 saturated heterocycles. The van der Waals surface area contributed by atoms with Crippen molar-refractivity contribution < 1.29 is 15.0 Å². The summed E-state index contributed by atoms with van der Waals surface area (Å²) in [7, 11) is 2.13. The zero-order valence-electron chi connectivity index (χ0n) is 13.3. The van der Waals surface area contributed by atoms with Crippen LogP contribution in [0, 0.1) is 23.2 Å². The molecule has 1 saturated carbocycles. The lowest BCUT2D eigenvalue weighted by atomic mass is 9.55. The fraction of sp³-hybridized carbons (Fsp3) is 0.722. The van der Waals surface area contributed by atoms with Gasteiger partial charge in [0, 0.05) is 17.9 Å². The molecule has 4 atom stereocenters. The molecule has 0 spiro atoms. The van der Waals surface area contributed by atoms with E-state index in [0.29, 0.717) is 11.8 Å². The lowest BCUT2D eigenvalue weighted by Crippen LogP contribution is -2.49. The molecule has 2 N–H and O–H groups in total. The molecular formula is C18H27NO3. The van der Waals surface area contributed by atoms with Crippen LogP contribution in [0.3, 0.4) is 0 Å². The lowest BCUT2D eigenvalue weighted by molar-refractivity contribution is -0.152. The first-order valence-corrected chi connectivity index (χ1v) is 8.51. The molecule has 4 nitrogen and oxygen atoms in total. The third kappa shape index (κ3) is 2.52. The van der Waals surface area contributed by atoms with Gasteiger partial charge in [0.15, 0.2) is 6.10 Å². The number of carbonyl (C=O) groups is 1. The maximum atomic E-state index is 11.5. The fourth-order valence-corrected chi connectivity index (χ4v) is 5.13. The number of aliphatic hydroxyl groups is 1. The SMILES string of the molecule is CN1CCC(C2(C3CCCC3)C=CC=CC2C(O)C(=O)O)C1. The van der Waals surface area contributed by atoms with Crippen LogP contribution in [-0.4, -0.2) is 47.3 Å². The molecule has 2 aliphatic carbocycles. The van der Waals surface area contributed by atoms with Crippen molar-refractivity contribution in [2.45, 2.75) is 38.2 Å². The van der Waals surface area contributed by atoms with Crippen LogP contribution in [0.25, 0.3) is 0 Å². The van der Waals surface area contributed by atoms with E-state index in [1.165, 1.54) is 12.8 Å². The monoisotopic (exact) mass is 305 g/mol. The number of aliphatic hydroxyl groups excluding tert-OH is 1. The summed E-state index contributed by atoms with van der Waals surface area (Å²) >= 11 is 0. The number of carboxylic acid groups (broad SMARTS) is 1. The molecule has 3 aliphatic rings. The molecule has 2 fully saturated rings. The van der Waals surface area contributed by atoms with Crippen LogP contribution in [0.1, 0.15) is 32.1 Å². The number of rotatable bonds is 4. The summed E-state index contributed by atoms with van der Waals surface area (Å²) in [5.41, 5.74) is -0.201. The summed E-state index contributed by atoms with van der Waals surface area (Å²) in [5.74, 6) is -0.488. The van der Waals surface area contributed by atoms with E-state index >= 15 is 0 Å². The van der Waals surface area contributed by atoms with Gasteiger partial charge in [-0.2, -0.15) is 0 Å². The molecular weight excluding hydrogens is 278 g/mol. The number of nitrogens with zero attached hydrogens (tertiary/aromatic N) is 1. The Hall–Kier alpha value is -1.13. The van der Waals surface area contributed by atoms with Gasteiger partial charge in [-0.25, -0.2) is 4.79 Å². The first-order valence-electron chi connectivity index (χ1n) is 8.51. The molecule has 0 radical (unpaired) electrons. The number of hydrogen-bond acceptors (Lipinski definition) is 3. The first-order chi connectivity index (χ1) is 10.6. The summed E-state index contributed by atoms with van der Waals surface area (Å²) in [6, 6.07) is 0. The molecule has 22 heavy (non-hydrogen) atoms. The maximum absolute atomic E-state index is 11.5. The Kier molecular flexibility index (Phi) is 4.42. The zero-order valence-corrected chi connectivity index (χ0v) is 13.3. The van der Waals surface area contributed by atoms with E-state index in [2.05, 4.69) is 24.1 Å². The Morgan fingerprint density at radius 3 is 2.55 bits per heavy atom. The average molecular weight is 305 g/mol. The molecule has 1 heterocycles. The Bertz CT molecular complexity index is 481. The predicted molar refractivity (Wildman–Crippen MR) is 85.4 cm³/mol. The molecule has 0 aromatic rings. The Morgan fingerprint density at radius 1 is 1.23 bits per heavy atom. The molecule has 3 rings (SSSR count). The van der Waals surface area contributed by atoms with Gasteiger partial charge in [-0.15, -0.1) is 0 Å². The molecule has 0 aromatic heterocycles. The molecule has 4 heteroatoms. The second-order valence-corrected chi connectivity index (χ2v) is 7.28. The highest BCUT2D eigenvalue weighted by molar-refractivity contribution is 5.73. The van der Waals surface area contributed by atoms with Gasteiger partial charge in [0.25, 0.3) is 0 Å². The van der Waals surface area contributed by atoms with Gasteiger partial charge in [0.05, 0.1) is 0 Å². The van der Waals surface area contributed by atoms with E-state index in [0.717, 1.165) is 32.4 Å². The van der Waals surface area contributed by atoms with E-state index < -0.39 is 12.1 Å². The highest BCUT2D eigenvalue weighted by Crippen LogP contribution is 2.55. The largest absolute Gasteiger partial charge is 0.479 e. The van der Waals surface area contributed by atoms with Crippen molar-refractivity contribution >= 4 is 5.97 Å². The van der Waals surface area contributed by atoms with Gasteiger partial charge < -0.3 is 15.1 Å². The Morgan fingerprint density at radius 2 is 1.95 bits per heavy atom. The van der Waals surface area contributed by atoms with E-state index in [4.69, 9.17) is 0 Å². The van der Waals surface area contributed by atoms with Crippen LogP contribution in [0.4, 0.5) is 0 Å². The van der Waals surface area contributed by atoms with Gasteiger partial charge >= 0.3 is 5.97 Å². The van der Waals surface area contributed by atoms with Crippen molar-refractivity contribution in [1.29, 1.82) is 0 Å². The highest BCUT2D eigenvalue weighted by Gasteiger charge is 2.53. The van der Waals surface area contributed by atoms with Crippen molar-refractivity contribution in [2.75, 3.05) is 20.1 Å². The number of aliphatic carboxylic acids is 1. The molecule has 0 amide bonds. The van der Waals surface area contributed by atoms with E-state index in [9.17, 15) is 15.0 Å². The van der Waals surface area contributed by atoms with Gasteiger partial charge in [0.1, 0.15) is 0 Å². The van der Waals surface area contributed by atoms with Crippen LogP contribution >= 0.6 is 0 Å². The van der Waals surface area contributed by atoms with Crippen molar-refractivity contribution in [2.24, 2.45) is 23.2 Å². The second kappa shape index (κ2) is 6.17. The summed E-state index contributed by atoms with van der Waals surface area (Å²) in [6.07, 6.45) is 12.7. The third-order valence-electron chi connectivity index (χ3n) is 6.15. The van der Waals surface area contributed by atoms with E-state index in [1.807, 2.05) is 12.2 Å². The van der Waals surface area contributed by atoms with Crippen molar-refractivity contribution in [3.05, 3.63) is 24.3 Å². The topological polar surface area (TPSA) is 60.8 Å². The van der Waals surface area contributed by atoms with Crippen molar-refractivity contribution in [3.63, 3.8) is 0 Å². The molecule has 0 bridgehead atoms. The molecule has 4 unspecified atom stereocenters. The summed E-state index contributed by atoms with van der Waals surface area (Å²) in [5, 5.41) is 19.8. The lowest BCUT2D eigenvalue weighted by Gasteiger charge is -2.48. The number of allylic oxidation sites excluding steroid dienone is 3. The molecule has 0 aromatic carbocycles. The van der Waals surface area contributed by atoms with Gasteiger partial charge in [0.2, 0.25) is 0 Å². The van der Waals surface area contributed by atoms with Crippen LogP contribution < -0.4 is 0 Å². The molecule has 122 valence electrons. The number of carboxylic acids is 1. The van der Waals surface area contributed by atoms with E-state index in [1.54, 1.807) is 0 Å². The minimum absolute atomic E-state index is 0.201. The maximum Gasteiger partial charge on any atom is 0.333 e. The minimum atomic E-state index is -1.31. The summed E-state index contributed by atoms with van der Waals surface area (Å²) < 4.78 is 0. The van der Waals surface area contributed by atoms with Gasteiger partial charge in [-0.3, -0.25) is 0 Å². The predicted octanol–water partition coefficient (Wildman–Crippen LogP) is 2.30. The van der Waals surface area contributed by atoms with Crippen molar-refractivity contribution in [3.8, 4) is 0 Å². The standard InChI is InChI=1S/C18H27NO3/c1-19-11-9-14(12-19)18(13-6-2-3-7-13)10-5-4-8-15(18)16(20)17(21)22/h4-5,8,10,13-16,20H,2-3,6-7,9,11-12H2,1H3,(H,21,22). The normalized spacial score (nSPS) is 37.7.